The maximum absolute atomic E-state index is 11.1. The Bertz CT molecular complexity index is 237. The van der Waals surface area contributed by atoms with Gasteiger partial charge in [-0.05, 0) is 6.92 Å². The lowest BCUT2D eigenvalue weighted by molar-refractivity contribution is -0.138. The Kier molecular flexibility index (Phi) is 23.5. The van der Waals surface area contributed by atoms with E-state index >= 15 is 0 Å². The first kappa shape index (κ1) is 25.9. The molecule has 0 unspecified atom stereocenters. The van der Waals surface area contributed by atoms with Crippen LogP contribution in [0.5, 0.6) is 0 Å². The van der Waals surface area contributed by atoms with Crippen molar-refractivity contribution in [2.24, 2.45) is 11.5 Å². The molecule has 0 aromatic rings. The average molecular weight is 320 g/mol. The highest BCUT2D eigenvalue weighted by Crippen LogP contribution is 1.93. The van der Waals surface area contributed by atoms with Crippen molar-refractivity contribution in [2.75, 3.05) is 52.4 Å². The van der Waals surface area contributed by atoms with Gasteiger partial charge in [-0.3, -0.25) is 19.4 Å². The topological polar surface area (TPSA) is 113 Å². The van der Waals surface area contributed by atoms with Gasteiger partial charge in [-0.25, -0.2) is 0 Å². The molecule has 0 spiro atoms. The van der Waals surface area contributed by atoms with Crippen LogP contribution in [-0.2, 0) is 9.59 Å². The lowest BCUT2D eigenvalue weighted by Crippen LogP contribution is -2.42. The number of hydrogen-bond acceptors (Lipinski definition) is 6. The Morgan fingerprint density at radius 1 is 0.818 bits per heavy atom. The number of nitrogens with zero attached hydrogens (tertiary/aromatic N) is 2. The van der Waals surface area contributed by atoms with Crippen LogP contribution in [0.1, 0.15) is 34.6 Å². The number of carboxylic acid groups (broad SMARTS) is 1. The molecule has 0 aliphatic heterocycles. The summed E-state index contributed by atoms with van der Waals surface area (Å²) >= 11 is 0. The van der Waals surface area contributed by atoms with Crippen LogP contribution < -0.4 is 11.5 Å². The smallest absolute Gasteiger partial charge is 0.317 e. The van der Waals surface area contributed by atoms with Crippen molar-refractivity contribution in [3.05, 3.63) is 0 Å². The summed E-state index contributed by atoms with van der Waals surface area (Å²) in [4.78, 5) is 25.4. The molecule has 0 amide bonds. The third-order valence-electron chi connectivity index (χ3n) is 2.43. The first-order valence-electron chi connectivity index (χ1n) is 8.05. The van der Waals surface area contributed by atoms with E-state index in [0.717, 1.165) is 0 Å². The summed E-state index contributed by atoms with van der Waals surface area (Å²) < 4.78 is 0. The van der Waals surface area contributed by atoms with Crippen molar-refractivity contribution in [1.29, 1.82) is 0 Å². The predicted molar refractivity (Wildman–Crippen MR) is 92.0 cm³/mol. The minimum atomic E-state index is -0.875. The molecule has 0 atom stereocenters. The van der Waals surface area contributed by atoms with Crippen LogP contribution in [0.4, 0.5) is 0 Å². The molecule has 5 N–H and O–H groups in total. The highest BCUT2D eigenvalue weighted by atomic mass is 16.4. The largest absolute Gasteiger partial charge is 0.480 e. The molecule has 0 aromatic heterocycles. The van der Waals surface area contributed by atoms with Gasteiger partial charge in [-0.2, -0.15) is 0 Å². The van der Waals surface area contributed by atoms with E-state index in [1.807, 2.05) is 32.6 Å². The van der Waals surface area contributed by atoms with Gasteiger partial charge in [0.05, 0.1) is 13.1 Å². The quantitative estimate of drug-likeness (QED) is 0.499. The average Bonchev–Trinajstić information content (AvgIpc) is 2.48. The van der Waals surface area contributed by atoms with E-state index in [1.54, 1.807) is 4.90 Å². The molecule has 0 aliphatic rings. The normalized spacial score (nSPS) is 9.68. The maximum atomic E-state index is 11.1. The minimum Gasteiger partial charge on any atom is -0.480 e. The van der Waals surface area contributed by atoms with Crippen LogP contribution in [0.25, 0.3) is 0 Å². The van der Waals surface area contributed by atoms with Gasteiger partial charge in [0.2, 0.25) is 0 Å². The Morgan fingerprint density at radius 3 is 1.45 bits per heavy atom. The van der Waals surface area contributed by atoms with Crippen molar-refractivity contribution < 1.29 is 14.7 Å². The van der Waals surface area contributed by atoms with Crippen molar-refractivity contribution in [3.8, 4) is 0 Å². The third kappa shape index (κ3) is 19.0. The van der Waals surface area contributed by atoms with Gasteiger partial charge in [-0.1, -0.05) is 27.7 Å². The number of hydrogen-bond donors (Lipinski definition) is 3. The first-order chi connectivity index (χ1) is 10.5. The summed E-state index contributed by atoms with van der Waals surface area (Å²) in [6.45, 7) is 13.1. The fourth-order valence-electron chi connectivity index (χ4n) is 1.69. The zero-order valence-corrected chi connectivity index (χ0v) is 15.0. The lowest BCUT2D eigenvalue weighted by Gasteiger charge is -2.25. The highest BCUT2D eigenvalue weighted by Gasteiger charge is 2.12. The summed E-state index contributed by atoms with van der Waals surface area (Å²) in [5, 5.41) is 8.75. The number of carboxylic acids is 1. The Morgan fingerprint density at radius 2 is 1.18 bits per heavy atom. The second kappa shape index (κ2) is 20.0. The molecule has 0 radical (unpaired) electrons. The summed E-state index contributed by atoms with van der Waals surface area (Å²) in [7, 11) is 0. The second-order valence-electron chi connectivity index (χ2n) is 4.23. The van der Waals surface area contributed by atoms with E-state index in [1.165, 1.54) is 6.92 Å². The van der Waals surface area contributed by atoms with E-state index in [-0.39, 0.29) is 12.3 Å². The number of carbonyl (C=O) groups excluding carboxylic acids is 1. The number of nitrogens with two attached hydrogens (primary N) is 2. The van der Waals surface area contributed by atoms with Crippen LogP contribution in [0.15, 0.2) is 0 Å². The summed E-state index contributed by atoms with van der Waals surface area (Å²) in [6, 6.07) is 0. The number of aliphatic carboxylic acids is 1. The van der Waals surface area contributed by atoms with E-state index < -0.39 is 5.97 Å². The van der Waals surface area contributed by atoms with Gasteiger partial charge < -0.3 is 16.6 Å². The molecule has 134 valence electrons. The van der Waals surface area contributed by atoms with Crippen molar-refractivity contribution in [3.63, 3.8) is 0 Å². The maximum Gasteiger partial charge on any atom is 0.317 e. The highest BCUT2D eigenvalue weighted by molar-refractivity contribution is 5.77. The van der Waals surface area contributed by atoms with Gasteiger partial charge >= 0.3 is 5.97 Å². The van der Waals surface area contributed by atoms with Crippen molar-refractivity contribution in [1.82, 2.24) is 9.80 Å². The molecular weight excluding hydrogens is 284 g/mol. The minimum absolute atomic E-state index is 0.0340. The predicted octanol–water partition coefficient (Wildman–Crippen LogP) is 0.234. The summed E-state index contributed by atoms with van der Waals surface area (Å²) in [5.74, 6) is -0.799. The van der Waals surface area contributed by atoms with Crippen LogP contribution in [0, 0.1) is 0 Å². The summed E-state index contributed by atoms with van der Waals surface area (Å²) in [5.41, 5.74) is 10.9. The fraction of sp³-hybridized carbons (Fsp3) is 0.867. The van der Waals surface area contributed by atoms with E-state index in [9.17, 15) is 9.59 Å². The van der Waals surface area contributed by atoms with Crippen LogP contribution in [0.3, 0.4) is 0 Å². The molecule has 22 heavy (non-hydrogen) atoms. The molecule has 0 fully saturated rings. The fourth-order valence-corrected chi connectivity index (χ4v) is 1.69. The molecule has 0 saturated heterocycles. The van der Waals surface area contributed by atoms with Crippen LogP contribution in [0.2, 0.25) is 0 Å². The third-order valence-corrected chi connectivity index (χ3v) is 2.43. The monoisotopic (exact) mass is 320 g/mol. The first-order valence-corrected chi connectivity index (χ1v) is 8.05. The molecule has 0 bridgehead atoms. The van der Waals surface area contributed by atoms with Crippen molar-refractivity contribution >= 4 is 11.8 Å². The molecule has 7 heteroatoms. The number of rotatable bonds is 11. The van der Waals surface area contributed by atoms with Gasteiger partial charge in [0.25, 0.3) is 0 Å². The number of Topliss-reactive ketones (excluding diaryl/α,β-unsaturated/α-hetero) is 1. The van der Waals surface area contributed by atoms with Gasteiger partial charge in [0.15, 0.2) is 0 Å². The second-order valence-corrected chi connectivity index (χ2v) is 4.23. The van der Waals surface area contributed by atoms with Crippen LogP contribution in [-0.4, -0.2) is 79.0 Å². The van der Waals surface area contributed by atoms with E-state index in [4.69, 9.17) is 16.6 Å². The molecule has 0 aliphatic carbocycles. The van der Waals surface area contributed by atoms with E-state index in [2.05, 4.69) is 0 Å². The lowest BCUT2D eigenvalue weighted by atomic mass is 10.3. The van der Waals surface area contributed by atoms with Crippen molar-refractivity contribution in [2.45, 2.75) is 34.6 Å². The zero-order chi connectivity index (χ0) is 18.0. The Balaban J connectivity index is -0.000000826. The zero-order valence-electron chi connectivity index (χ0n) is 15.0. The van der Waals surface area contributed by atoms with E-state index in [0.29, 0.717) is 45.8 Å². The van der Waals surface area contributed by atoms with Gasteiger partial charge in [-0.15, -0.1) is 0 Å². The molecule has 0 rings (SSSR count). The number of carbonyl (C=O) groups is 2. The molecule has 7 nitrogen and oxygen atoms in total. The van der Waals surface area contributed by atoms with Gasteiger partial charge in [0, 0.05) is 39.3 Å². The Labute approximate surface area is 135 Å². The van der Waals surface area contributed by atoms with Gasteiger partial charge in [0.1, 0.15) is 5.78 Å². The molecular formula is C15H36N4O3. The SMILES string of the molecule is CC.CC.CC(=O)CN(CCN)CCN(CCN)CC(=O)O. The molecule has 0 heterocycles. The standard InChI is InChI=1S/C11H24N4O3.2C2H6/c1-10(16)8-14(4-2-12)6-7-15(5-3-13)9-11(17)18;2*1-2/h2-9,12-13H2,1H3,(H,17,18);2*1-2H3. The summed E-state index contributed by atoms with van der Waals surface area (Å²) in [6.07, 6.45) is 0. The van der Waals surface area contributed by atoms with Crippen LogP contribution >= 0.6 is 0 Å². The molecule has 0 aromatic carbocycles. The number of ketones is 1. The molecule has 0 saturated carbocycles. The Hall–Kier alpha value is -1.02.